The molecule has 1 amide bonds. The molecule has 1 aromatic carbocycles. The average molecular weight is 376 g/mol. The summed E-state index contributed by atoms with van der Waals surface area (Å²) in [6.07, 6.45) is 8.04. The molecule has 0 bridgehead atoms. The fourth-order valence-corrected chi connectivity index (χ4v) is 4.60. The molecule has 3 rings (SSSR count). The molecular weight excluding hydrogens is 352 g/mol. The van der Waals surface area contributed by atoms with Gasteiger partial charge in [0.05, 0.1) is 6.26 Å². The van der Waals surface area contributed by atoms with Crippen molar-refractivity contribution in [1.29, 1.82) is 0 Å². The summed E-state index contributed by atoms with van der Waals surface area (Å²) in [5.41, 5.74) is 1.40. The number of imidazole rings is 1. The number of hydrogen-bond donors (Lipinski definition) is 2. The highest BCUT2D eigenvalue weighted by Gasteiger charge is 2.28. The number of piperidine rings is 1. The van der Waals surface area contributed by atoms with Gasteiger partial charge in [0.1, 0.15) is 5.82 Å². The van der Waals surface area contributed by atoms with E-state index in [-0.39, 0.29) is 11.9 Å². The number of carbonyl (C=O) groups is 1. The van der Waals surface area contributed by atoms with Crippen LogP contribution in [-0.2, 0) is 10.0 Å². The van der Waals surface area contributed by atoms with E-state index in [2.05, 4.69) is 15.3 Å². The third-order valence-corrected chi connectivity index (χ3v) is 5.99. The van der Waals surface area contributed by atoms with Gasteiger partial charge in [-0.2, -0.15) is 4.31 Å². The Labute approximate surface area is 153 Å². The first-order valence-electron chi connectivity index (χ1n) is 8.80. The largest absolute Gasteiger partial charge is 0.352 e. The molecule has 7 nitrogen and oxygen atoms in total. The molecule has 1 saturated heterocycles. The van der Waals surface area contributed by atoms with Crippen LogP contribution in [0.4, 0.5) is 0 Å². The van der Waals surface area contributed by atoms with Gasteiger partial charge in [-0.1, -0.05) is 18.6 Å². The Morgan fingerprint density at radius 3 is 2.96 bits per heavy atom. The molecule has 0 aliphatic carbocycles. The minimum Gasteiger partial charge on any atom is -0.352 e. The second-order valence-corrected chi connectivity index (χ2v) is 8.52. The van der Waals surface area contributed by atoms with E-state index in [9.17, 15) is 13.2 Å². The lowest BCUT2D eigenvalue weighted by atomic mass is 10.0. The number of aromatic nitrogens is 2. The summed E-state index contributed by atoms with van der Waals surface area (Å²) in [6.45, 7) is 1.02. The quantitative estimate of drug-likeness (QED) is 0.806. The first-order chi connectivity index (χ1) is 12.4. The van der Waals surface area contributed by atoms with Crippen molar-refractivity contribution in [2.24, 2.45) is 0 Å². The number of rotatable bonds is 6. The Hall–Kier alpha value is -2.19. The van der Waals surface area contributed by atoms with Crippen molar-refractivity contribution in [3.8, 4) is 11.4 Å². The molecule has 2 aromatic rings. The van der Waals surface area contributed by atoms with Gasteiger partial charge < -0.3 is 10.3 Å². The second kappa shape index (κ2) is 8.01. The molecule has 1 aliphatic rings. The average Bonchev–Trinajstić information content (AvgIpc) is 3.16. The van der Waals surface area contributed by atoms with Crippen LogP contribution in [0.2, 0.25) is 0 Å². The molecule has 0 unspecified atom stereocenters. The lowest BCUT2D eigenvalue weighted by Gasteiger charge is -2.33. The van der Waals surface area contributed by atoms with Crippen molar-refractivity contribution >= 4 is 15.9 Å². The Bertz CT molecular complexity index is 849. The number of aromatic amines is 1. The highest BCUT2D eigenvalue weighted by Crippen LogP contribution is 2.22. The maximum absolute atomic E-state index is 12.4. The monoisotopic (exact) mass is 376 g/mol. The second-order valence-electron chi connectivity index (χ2n) is 6.59. The highest BCUT2D eigenvalue weighted by atomic mass is 32.2. The van der Waals surface area contributed by atoms with Crippen molar-refractivity contribution in [2.45, 2.75) is 31.7 Å². The van der Waals surface area contributed by atoms with E-state index in [1.165, 1.54) is 6.26 Å². The van der Waals surface area contributed by atoms with Crippen molar-refractivity contribution < 1.29 is 13.2 Å². The van der Waals surface area contributed by atoms with Crippen LogP contribution in [0.15, 0.2) is 36.7 Å². The SMILES string of the molecule is CS(=O)(=O)N1CCCC[C@H]1CCNC(=O)c1cccc(-c2ncc[nH]2)c1. The van der Waals surface area contributed by atoms with Gasteiger partial charge in [0.25, 0.3) is 5.91 Å². The summed E-state index contributed by atoms with van der Waals surface area (Å²) >= 11 is 0. The van der Waals surface area contributed by atoms with Crippen LogP contribution >= 0.6 is 0 Å². The van der Waals surface area contributed by atoms with Gasteiger partial charge in [-0.05, 0) is 31.4 Å². The number of hydrogen-bond acceptors (Lipinski definition) is 4. The van der Waals surface area contributed by atoms with Crippen LogP contribution in [0.1, 0.15) is 36.0 Å². The summed E-state index contributed by atoms with van der Waals surface area (Å²) < 4.78 is 25.4. The van der Waals surface area contributed by atoms with E-state index in [1.54, 1.807) is 28.8 Å². The van der Waals surface area contributed by atoms with E-state index >= 15 is 0 Å². The molecule has 140 valence electrons. The number of H-pyrrole nitrogens is 1. The maximum atomic E-state index is 12.4. The third-order valence-electron chi connectivity index (χ3n) is 4.66. The Kier molecular flexibility index (Phi) is 5.73. The van der Waals surface area contributed by atoms with Gasteiger partial charge in [-0.15, -0.1) is 0 Å². The smallest absolute Gasteiger partial charge is 0.251 e. The van der Waals surface area contributed by atoms with Gasteiger partial charge >= 0.3 is 0 Å². The zero-order valence-electron chi connectivity index (χ0n) is 14.8. The first-order valence-corrected chi connectivity index (χ1v) is 10.6. The minimum absolute atomic E-state index is 0.0338. The van der Waals surface area contributed by atoms with Crippen LogP contribution in [0.25, 0.3) is 11.4 Å². The highest BCUT2D eigenvalue weighted by molar-refractivity contribution is 7.88. The van der Waals surface area contributed by atoms with Crippen molar-refractivity contribution in [1.82, 2.24) is 19.6 Å². The number of nitrogens with zero attached hydrogens (tertiary/aromatic N) is 2. The van der Waals surface area contributed by atoms with Crippen molar-refractivity contribution in [3.05, 3.63) is 42.2 Å². The molecule has 1 aliphatic heterocycles. The van der Waals surface area contributed by atoms with Gasteiger partial charge in [0.2, 0.25) is 10.0 Å². The summed E-state index contributed by atoms with van der Waals surface area (Å²) in [7, 11) is -3.20. The van der Waals surface area contributed by atoms with Crippen LogP contribution in [0, 0.1) is 0 Å². The minimum atomic E-state index is -3.20. The standard InChI is InChI=1S/C18H24N4O3S/c1-26(24,25)22-12-3-2-7-16(22)8-9-21-18(23)15-6-4-5-14(13-15)17-19-10-11-20-17/h4-6,10-11,13,16H,2-3,7-9,12H2,1H3,(H,19,20)(H,21,23)/t16-/m0/s1. The van der Waals surface area contributed by atoms with Crippen LogP contribution < -0.4 is 5.32 Å². The molecule has 2 heterocycles. The summed E-state index contributed by atoms with van der Waals surface area (Å²) in [6, 6.07) is 7.22. The van der Waals surface area contributed by atoms with Gasteiger partial charge in [-0.3, -0.25) is 4.79 Å². The molecule has 0 radical (unpaired) electrons. The zero-order valence-corrected chi connectivity index (χ0v) is 15.6. The molecule has 1 fully saturated rings. The number of carbonyl (C=O) groups excluding carboxylic acids is 1. The van der Waals surface area contributed by atoms with E-state index in [0.29, 0.717) is 30.9 Å². The fraction of sp³-hybridized carbons (Fsp3) is 0.444. The van der Waals surface area contributed by atoms with E-state index in [0.717, 1.165) is 24.8 Å². The van der Waals surface area contributed by atoms with Crippen LogP contribution in [0.3, 0.4) is 0 Å². The number of sulfonamides is 1. The van der Waals surface area contributed by atoms with Crippen molar-refractivity contribution in [2.75, 3.05) is 19.3 Å². The zero-order chi connectivity index (χ0) is 18.6. The van der Waals surface area contributed by atoms with Crippen molar-refractivity contribution in [3.63, 3.8) is 0 Å². The first kappa shape index (κ1) is 18.6. The van der Waals surface area contributed by atoms with Gasteiger partial charge in [-0.25, -0.2) is 13.4 Å². The van der Waals surface area contributed by atoms with Crippen LogP contribution in [-0.4, -0.2) is 54.0 Å². The Morgan fingerprint density at radius 1 is 1.38 bits per heavy atom. The Morgan fingerprint density at radius 2 is 2.23 bits per heavy atom. The molecule has 26 heavy (non-hydrogen) atoms. The Balaban J connectivity index is 1.58. The van der Waals surface area contributed by atoms with E-state index in [1.807, 2.05) is 12.1 Å². The third kappa shape index (κ3) is 4.50. The lowest BCUT2D eigenvalue weighted by molar-refractivity contribution is 0.0949. The number of benzene rings is 1. The van der Waals surface area contributed by atoms with Crippen LogP contribution in [0.5, 0.6) is 0 Å². The predicted octanol–water partition coefficient (Wildman–Crippen LogP) is 2.01. The number of nitrogens with one attached hydrogen (secondary N) is 2. The topological polar surface area (TPSA) is 95.2 Å². The summed E-state index contributed by atoms with van der Waals surface area (Å²) in [4.78, 5) is 19.6. The molecule has 8 heteroatoms. The van der Waals surface area contributed by atoms with Gasteiger partial charge in [0.15, 0.2) is 0 Å². The molecule has 1 aromatic heterocycles. The maximum Gasteiger partial charge on any atom is 0.251 e. The molecule has 0 spiro atoms. The van der Waals surface area contributed by atoms with E-state index < -0.39 is 10.0 Å². The van der Waals surface area contributed by atoms with E-state index in [4.69, 9.17) is 0 Å². The molecular formula is C18H24N4O3S. The lowest BCUT2D eigenvalue weighted by Crippen LogP contribution is -2.44. The van der Waals surface area contributed by atoms with Gasteiger partial charge in [0, 0.05) is 42.7 Å². The fourth-order valence-electron chi connectivity index (χ4n) is 3.38. The molecule has 0 saturated carbocycles. The molecule has 2 N–H and O–H groups in total. The normalized spacial score (nSPS) is 18.6. The molecule has 1 atom stereocenters. The predicted molar refractivity (Wildman–Crippen MR) is 100 cm³/mol. The summed E-state index contributed by atoms with van der Waals surface area (Å²) in [5, 5.41) is 2.90. The number of amides is 1. The summed E-state index contributed by atoms with van der Waals surface area (Å²) in [5.74, 6) is 0.547.